The first-order chi connectivity index (χ1) is 13.2. The Hall–Kier alpha value is -2.74. The lowest BCUT2D eigenvalue weighted by atomic mass is 10.3. The van der Waals surface area contributed by atoms with E-state index < -0.39 is 15.9 Å². The van der Waals surface area contributed by atoms with E-state index in [1.165, 1.54) is 0 Å². The maximum Gasteiger partial charge on any atom is 0.245 e. The quantitative estimate of drug-likeness (QED) is 0.691. The van der Waals surface area contributed by atoms with Gasteiger partial charge in [-0.1, -0.05) is 6.07 Å². The number of hydrogen-bond donors (Lipinski definition) is 1. The average Bonchev–Trinajstić information content (AvgIpc) is 2.60. The van der Waals surface area contributed by atoms with E-state index in [2.05, 4.69) is 5.32 Å². The van der Waals surface area contributed by atoms with Gasteiger partial charge in [-0.25, -0.2) is 8.42 Å². The normalized spacial score (nSPS) is 11.2. The van der Waals surface area contributed by atoms with Gasteiger partial charge in [-0.2, -0.15) is 0 Å². The van der Waals surface area contributed by atoms with Gasteiger partial charge in [0.1, 0.15) is 18.0 Å². The van der Waals surface area contributed by atoms with Gasteiger partial charge in [0.15, 0.2) is 0 Å². The molecular formula is C20H26N2O5S. The molecule has 0 spiro atoms. The molecule has 0 aliphatic carbocycles. The number of hydrogen-bond acceptors (Lipinski definition) is 5. The lowest BCUT2D eigenvalue weighted by Gasteiger charge is -2.22. The van der Waals surface area contributed by atoms with Crippen LogP contribution in [-0.4, -0.2) is 39.8 Å². The van der Waals surface area contributed by atoms with E-state index in [1.807, 2.05) is 20.8 Å². The highest BCUT2D eigenvalue weighted by Crippen LogP contribution is 2.23. The number of carbonyl (C=O) groups excluding carboxylic acids is 1. The van der Waals surface area contributed by atoms with Crippen LogP contribution in [0.1, 0.15) is 20.8 Å². The molecule has 8 heteroatoms. The number of sulfonamides is 1. The van der Waals surface area contributed by atoms with E-state index in [4.69, 9.17) is 9.47 Å². The number of ether oxygens (including phenoxy) is 2. The number of benzene rings is 2. The van der Waals surface area contributed by atoms with Crippen molar-refractivity contribution in [2.75, 3.05) is 29.0 Å². The van der Waals surface area contributed by atoms with Crippen LogP contribution in [0.2, 0.25) is 0 Å². The van der Waals surface area contributed by atoms with Crippen LogP contribution < -0.4 is 19.1 Å². The number of nitrogens with one attached hydrogen (secondary N) is 1. The Labute approximate surface area is 166 Å². The fourth-order valence-corrected chi connectivity index (χ4v) is 3.36. The van der Waals surface area contributed by atoms with E-state index in [-0.39, 0.29) is 12.6 Å². The molecule has 0 fully saturated rings. The first-order valence-electron chi connectivity index (χ1n) is 8.96. The van der Waals surface area contributed by atoms with E-state index in [1.54, 1.807) is 48.5 Å². The van der Waals surface area contributed by atoms with Crippen molar-refractivity contribution >= 4 is 27.3 Å². The first-order valence-corrected chi connectivity index (χ1v) is 10.8. The van der Waals surface area contributed by atoms with Gasteiger partial charge in [-0.3, -0.25) is 9.10 Å². The monoisotopic (exact) mass is 406 g/mol. The molecule has 1 amide bonds. The summed E-state index contributed by atoms with van der Waals surface area (Å²) in [5.41, 5.74) is 0.918. The summed E-state index contributed by atoms with van der Waals surface area (Å²) in [6.45, 7) is 5.80. The molecule has 7 nitrogen and oxygen atoms in total. The van der Waals surface area contributed by atoms with Crippen molar-refractivity contribution in [3.8, 4) is 11.5 Å². The van der Waals surface area contributed by atoms with Gasteiger partial charge in [0.25, 0.3) is 0 Å². The van der Waals surface area contributed by atoms with Crippen LogP contribution in [0.5, 0.6) is 11.5 Å². The maximum absolute atomic E-state index is 12.4. The van der Waals surface area contributed by atoms with Gasteiger partial charge in [-0.15, -0.1) is 0 Å². The summed E-state index contributed by atoms with van der Waals surface area (Å²) in [4.78, 5) is 12.4. The van der Waals surface area contributed by atoms with Crippen molar-refractivity contribution < 1.29 is 22.7 Å². The summed E-state index contributed by atoms with van der Waals surface area (Å²) >= 11 is 0. The second-order valence-corrected chi connectivity index (χ2v) is 8.35. The molecule has 0 atom stereocenters. The lowest BCUT2D eigenvalue weighted by Crippen LogP contribution is -2.37. The maximum atomic E-state index is 12.4. The highest BCUT2D eigenvalue weighted by molar-refractivity contribution is 7.92. The second-order valence-electron chi connectivity index (χ2n) is 6.44. The molecule has 0 aliphatic rings. The van der Waals surface area contributed by atoms with Crippen LogP contribution in [0.25, 0.3) is 0 Å². The van der Waals surface area contributed by atoms with Crippen LogP contribution >= 0.6 is 0 Å². The Kier molecular flexibility index (Phi) is 7.28. The highest BCUT2D eigenvalue weighted by atomic mass is 32.2. The zero-order valence-electron chi connectivity index (χ0n) is 16.5. The van der Waals surface area contributed by atoms with E-state index in [0.717, 1.165) is 10.6 Å². The number of carbonyl (C=O) groups is 1. The van der Waals surface area contributed by atoms with Gasteiger partial charge in [0, 0.05) is 11.8 Å². The predicted octanol–water partition coefficient (Wildman–Crippen LogP) is 3.28. The summed E-state index contributed by atoms with van der Waals surface area (Å²) in [6, 6.07) is 13.5. The van der Waals surface area contributed by atoms with Crippen molar-refractivity contribution in [3.63, 3.8) is 0 Å². The van der Waals surface area contributed by atoms with Crippen LogP contribution in [0, 0.1) is 0 Å². The van der Waals surface area contributed by atoms with E-state index >= 15 is 0 Å². The molecule has 0 aromatic heterocycles. The Balaban J connectivity index is 2.12. The Morgan fingerprint density at radius 3 is 2.36 bits per heavy atom. The summed E-state index contributed by atoms with van der Waals surface area (Å²) in [6.07, 6.45) is 1.11. The standard InChI is InChI=1S/C20H26N2O5S/c1-5-26-19-8-6-7-17(13-19)22(28(4,24)25)14-20(23)21-16-9-11-18(12-10-16)27-15(2)3/h6-13,15H,5,14H2,1-4H3,(H,21,23). The second kappa shape index (κ2) is 9.45. The van der Waals surface area contributed by atoms with E-state index in [0.29, 0.717) is 29.5 Å². The smallest absolute Gasteiger partial charge is 0.245 e. The van der Waals surface area contributed by atoms with Crippen molar-refractivity contribution in [1.29, 1.82) is 0 Å². The summed E-state index contributed by atoms with van der Waals surface area (Å²) in [5.74, 6) is 0.776. The van der Waals surface area contributed by atoms with Crippen LogP contribution in [0.4, 0.5) is 11.4 Å². The van der Waals surface area contributed by atoms with Crippen LogP contribution in [0.15, 0.2) is 48.5 Å². The minimum Gasteiger partial charge on any atom is -0.494 e. The number of amides is 1. The molecule has 0 unspecified atom stereocenters. The lowest BCUT2D eigenvalue weighted by molar-refractivity contribution is -0.114. The van der Waals surface area contributed by atoms with Gasteiger partial charge in [0.2, 0.25) is 15.9 Å². The third-order valence-electron chi connectivity index (χ3n) is 3.61. The van der Waals surface area contributed by atoms with Gasteiger partial charge >= 0.3 is 0 Å². The molecule has 2 aromatic rings. The van der Waals surface area contributed by atoms with Crippen molar-refractivity contribution in [1.82, 2.24) is 0 Å². The van der Waals surface area contributed by atoms with Crippen molar-refractivity contribution in [2.24, 2.45) is 0 Å². The molecule has 2 aromatic carbocycles. The Bertz CT molecular complexity index is 895. The summed E-state index contributed by atoms with van der Waals surface area (Å²) < 4.78 is 36.5. The molecule has 0 radical (unpaired) electrons. The average molecular weight is 407 g/mol. The Morgan fingerprint density at radius 1 is 1.11 bits per heavy atom. The molecule has 0 bridgehead atoms. The summed E-state index contributed by atoms with van der Waals surface area (Å²) in [7, 11) is -3.66. The third-order valence-corrected chi connectivity index (χ3v) is 4.75. The SMILES string of the molecule is CCOc1cccc(N(CC(=O)Nc2ccc(OC(C)C)cc2)S(C)(=O)=O)c1. The molecular weight excluding hydrogens is 380 g/mol. The third kappa shape index (κ3) is 6.45. The zero-order chi connectivity index (χ0) is 20.7. The van der Waals surface area contributed by atoms with Crippen molar-refractivity contribution in [3.05, 3.63) is 48.5 Å². The zero-order valence-corrected chi connectivity index (χ0v) is 17.3. The molecule has 0 saturated heterocycles. The predicted molar refractivity (Wildman–Crippen MR) is 111 cm³/mol. The van der Waals surface area contributed by atoms with Crippen LogP contribution in [-0.2, 0) is 14.8 Å². The number of rotatable bonds is 9. The molecule has 1 N–H and O–H groups in total. The highest BCUT2D eigenvalue weighted by Gasteiger charge is 2.21. The molecule has 0 heterocycles. The van der Waals surface area contributed by atoms with Gasteiger partial charge in [0.05, 0.1) is 24.7 Å². The minimum absolute atomic E-state index is 0.0520. The topological polar surface area (TPSA) is 84.9 Å². The van der Waals surface area contributed by atoms with E-state index in [9.17, 15) is 13.2 Å². The molecule has 152 valence electrons. The van der Waals surface area contributed by atoms with Crippen molar-refractivity contribution in [2.45, 2.75) is 26.9 Å². The first kappa shape index (κ1) is 21.6. The number of anilines is 2. The molecule has 0 saturated carbocycles. The Morgan fingerprint density at radius 2 is 1.79 bits per heavy atom. The minimum atomic E-state index is -3.66. The van der Waals surface area contributed by atoms with Gasteiger partial charge in [-0.05, 0) is 57.2 Å². The molecule has 2 rings (SSSR count). The fraction of sp³-hybridized carbons (Fsp3) is 0.350. The van der Waals surface area contributed by atoms with Gasteiger partial charge < -0.3 is 14.8 Å². The summed E-state index contributed by atoms with van der Waals surface area (Å²) in [5, 5.41) is 2.70. The van der Waals surface area contributed by atoms with Crippen LogP contribution in [0.3, 0.4) is 0 Å². The largest absolute Gasteiger partial charge is 0.494 e. The molecule has 28 heavy (non-hydrogen) atoms. The fourth-order valence-electron chi connectivity index (χ4n) is 2.52. The number of nitrogens with zero attached hydrogens (tertiary/aromatic N) is 1. The molecule has 0 aliphatic heterocycles.